The molecule has 1 nitrogen and oxygen atoms in total. The van der Waals surface area contributed by atoms with E-state index in [9.17, 15) is 0 Å². The Morgan fingerprint density at radius 3 is 1.95 bits per heavy atom. The molecule has 4 aliphatic carbocycles. The van der Waals surface area contributed by atoms with E-state index in [-0.39, 0.29) is 0 Å². The standard InChI is InChI=1S/C20H35N/c1-2-6-15(7-3-1)18-8-4-5-9-20(18)21-14-19(16-10-11-16)17-12-13-17/h15-21H,1-14H2. The molecule has 120 valence electrons. The molecule has 1 heteroatoms. The fourth-order valence-electron chi connectivity index (χ4n) is 5.59. The number of hydrogen-bond acceptors (Lipinski definition) is 1. The number of nitrogens with one attached hydrogen (secondary N) is 1. The Balaban J connectivity index is 1.32. The van der Waals surface area contributed by atoms with Crippen LogP contribution in [0.2, 0.25) is 0 Å². The van der Waals surface area contributed by atoms with Gasteiger partial charge in [-0.1, -0.05) is 44.9 Å². The van der Waals surface area contributed by atoms with E-state index in [1.165, 1.54) is 64.3 Å². The summed E-state index contributed by atoms with van der Waals surface area (Å²) in [5.74, 6) is 5.37. The lowest BCUT2D eigenvalue weighted by Crippen LogP contribution is -2.44. The maximum atomic E-state index is 4.11. The third-order valence-corrected chi connectivity index (χ3v) is 7.15. The van der Waals surface area contributed by atoms with Crippen LogP contribution < -0.4 is 5.32 Å². The van der Waals surface area contributed by atoms with Crippen molar-refractivity contribution < 1.29 is 0 Å². The van der Waals surface area contributed by atoms with E-state index in [2.05, 4.69) is 5.32 Å². The molecule has 0 spiro atoms. The van der Waals surface area contributed by atoms with Crippen molar-refractivity contribution in [1.29, 1.82) is 0 Å². The Hall–Kier alpha value is -0.0400. The molecule has 4 saturated carbocycles. The van der Waals surface area contributed by atoms with Gasteiger partial charge in [-0.15, -0.1) is 0 Å². The highest BCUT2D eigenvalue weighted by Gasteiger charge is 2.42. The maximum absolute atomic E-state index is 4.11. The lowest BCUT2D eigenvalue weighted by Gasteiger charge is -2.40. The van der Waals surface area contributed by atoms with Gasteiger partial charge >= 0.3 is 0 Å². The molecule has 0 bridgehead atoms. The van der Waals surface area contributed by atoms with Crippen molar-refractivity contribution in [1.82, 2.24) is 5.32 Å². The molecule has 0 heterocycles. The average molecular weight is 290 g/mol. The molecule has 4 rings (SSSR count). The summed E-state index contributed by atoms with van der Waals surface area (Å²) in [6.45, 7) is 1.36. The van der Waals surface area contributed by atoms with E-state index in [1.807, 2.05) is 0 Å². The highest BCUT2D eigenvalue weighted by molar-refractivity contribution is 4.94. The molecule has 0 aromatic carbocycles. The Bertz CT molecular complexity index is 313. The first-order chi connectivity index (χ1) is 10.4. The van der Waals surface area contributed by atoms with Crippen LogP contribution in [-0.4, -0.2) is 12.6 Å². The fourth-order valence-corrected chi connectivity index (χ4v) is 5.59. The second-order valence-electron chi connectivity index (χ2n) is 8.70. The van der Waals surface area contributed by atoms with E-state index in [0.29, 0.717) is 0 Å². The SMILES string of the molecule is C1CCC(C2CCCCC2NCC(C2CC2)C2CC2)CC1. The van der Waals surface area contributed by atoms with Gasteiger partial charge in [0.1, 0.15) is 0 Å². The van der Waals surface area contributed by atoms with Crippen molar-refractivity contribution in [3.05, 3.63) is 0 Å². The van der Waals surface area contributed by atoms with Gasteiger partial charge in [-0.2, -0.15) is 0 Å². The normalized spacial score (nSPS) is 35.3. The minimum Gasteiger partial charge on any atom is -0.313 e. The van der Waals surface area contributed by atoms with Crippen molar-refractivity contribution in [2.45, 2.75) is 89.5 Å². The minimum absolute atomic E-state index is 0.877. The van der Waals surface area contributed by atoms with Crippen LogP contribution in [0.25, 0.3) is 0 Å². The molecule has 0 radical (unpaired) electrons. The van der Waals surface area contributed by atoms with Crippen molar-refractivity contribution in [3.63, 3.8) is 0 Å². The summed E-state index contributed by atoms with van der Waals surface area (Å²) in [4.78, 5) is 0. The Morgan fingerprint density at radius 1 is 0.667 bits per heavy atom. The van der Waals surface area contributed by atoms with E-state index in [1.54, 1.807) is 25.7 Å². The van der Waals surface area contributed by atoms with Crippen LogP contribution in [0.1, 0.15) is 83.5 Å². The topological polar surface area (TPSA) is 12.0 Å². The summed E-state index contributed by atoms with van der Waals surface area (Å²) >= 11 is 0. The van der Waals surface area contributed by atoms with Crippen molar-refractivity contribution >= 4 is 0 Å². The predicted molar refractivity (Wildman–Crippen MR) is 89.3 cm³/mol. The fraction of sp³-hybridized carbons (Fsp3) is 1.00. The second-order valence-corrected chi connectivity index (χ2v) is 8.70. The van der Waals surface area contributed by atoms with Gasteiger partial charge in [0, 0.05) is 6.04 Å². The molecule has 0 saturated heterocycles. The first-order valence-electron chi connectivity index (χ1n) is 10.1. The summed E-state index contributed by atoms with van der Waals surface area (Å²) in [5, 5.41) is 4.11. The molecular weight excluding hydrogens is 254 g/mol. The third-order valence-electron chi connectivity index (χ3n) is 7.15. The molecule has 4 fully saturated rings. The third kappa shape index (κ3) is 3.66. The van der Waals surface area contributed by atoms with Crippen LogP contribution in [0.3, 0.4) is 0 Å². The molecule has 0 aliphatic heterocycles. The molecular formula is C20H35N. The quantitative estimate of drug-likeness (QED) is 0.713. The Kier molecular flexibility index (Phi) is 4.57. The molecule has 0 aromatic rings. The summed E-state index contributed by atoms with van der Waals surface area (Å²) in [5.41, 5.74) is 0. The van der Waals surface area contributed by atoms with Crippen LogP contribution in [0, 0.1) is 29.6 Å². The van der Waals surface area contributed by atoms with E-state index < -0.39 is 0 Å². The van der Waals surface area contributed by atoms with Crippen molar-refractivity contribution in [2.24, 2.45) is 29.6 Å². The van der Waals surface area contributed by atoms with Crippen LogP contribution in [0.4, 0.5) is 0 Å². The van der Waals surface area contributed by atoms with Gasteiger partial charge in [0.15, 0.2) is 0 Å². The second kappa shape index (κ2) is 6.60. The Labute approximate surface area is 131 Å². The summed E-state index contributed by atoms with van der Waals surface area (Å²) < 4.78 is 0. The van der Waals surface area contributed by atoms with E-state index in [4.69, 9.17) is 0 Å². The molecule has 21 heavy (non-hydrogen) atoms. The van der Waals surface area contributed by atoms with Gasteiger partial charge in [0.25, 0.3) is 0 Å². The van der Waals surface area contributed by atoms with Gasteiger partial charge in [-0.05, 0) is 74.7 Å². The zero-order valence-corrected chi connectivity index (χ0v) is 13.9. The molecule has 2 atom stereocenters. The molecule has 2 unspecified atom stereocenters. The smallest absolute Gasteiger partial charge is 0.00980 e. The first-order valence-corrected chi connectivity index (χ1v) is 10.1. The zero-order valence-electron chi connectivity index (χ0n) is 13.9. The molecule has 1 N–H and O–H groups in total. The van der Waals surface area contributed by atoms with Crippen LogP contribution >= 0.6 is 0 Å². The zero-order chi connectivity index (χ0) is 14.1. The molecule has 0 aromatic heterocycles. The largest absolute Gasteiger partial charge is 0.313 e. The Morgan fingerprint density at radius 2 is 1.29 bits per heavy atom. The van der Waals surface area contributed by atoms with Gasteiger partial charge < -0.3 is 5.32 Å². The average Bonchev–Trinajstić information content (AvgIpc) is 3.42. The maximum Gasteiger partial charge on any atom is 0.00980 e. The van der Waals surface area contributed by atoms with Crippen LogP contribution in [0.15, 0.2) is 0 Å². The van der Waals surface area contributed by atoms with Crippen molar-refractivity contribution in [2.75, 3.05) is 6.54 Å². The van der Waals surface area contributed by atoms with Crippen LogP contribution in [0.5, 0.6) is 0 Å². The van der Waals surface area contributed by atoms with Gasteiger partial charge in [-0.3, -0.25) is 0 Å². The molecule has 4 aliphatic rings. The van der Waals surface area contributed by atoms with Gasteiger partial charge in [-0.25, -0.2) is 0 Å². The summed E-state index contributed by atoms with van der Waals surface area (Å²) in [6, 6.07) is 0.877. The van der Waals surface area contributed by atoms with Gasteiger partial charge in [0.05, 0.1) is 0 Å². The summed E-state index contributed by atoms with van der Waals surface area (Å²) in [6.07, 6.45) is 19.8. The lowest BCUT2D eigenvalue weighted by atomic mass is 9.71. The van der Waals surface area contributed by atoms with E-state index in [0.717, 1.165) is 35.6 Å². The van der Waals surface area contributed by atoms with Crippen molar-refractivity contribution in [3.8, 4) is 0 Å². The van der Waals surface area contributed by atoms with Gasteiger partial charge in [0.2, 0.25) is 0 Å². The predicted octanol–water partition coefficient (Wildman–Crippen LogP) is 5.15. The van der Waals surface area contributed by atoms with E-state index >= 15 is 0 Å². The minimum atomic E-state index is 0.877. The van der Waals surface area contributed by atoms with Crippen LogP contribution in [-0.2, 0) is 0 Å². The first kappa shape index (κ1) is 14.5. The monoisotopic (exact) mass is 289 g/mol. The number of rotatable bonds is 6. The highest BCUT2D eigenvalue weighted by atomic mass is 14.9. The highest BCUT2D eigenvalue weighted by Crippen LogP contribution is 2.49. The number of hydrogen-bond donors (Lipinski definition) is 1. The lowest BCUT2D eigenvalue weighted by molar-refractivity contribution is 0.144. The molecule has 0 amide bonds. The summed E-state index contributed by atoms with van der Waals surface area (Å²) in [7, 11) is 0.